The SMILES string of the molecule is C[C@H]1Cc2cc([C@H](O)CN3CCC4(CC3)CCN(C3=CC(=O)OC3)CC4)ccc2C(=O)O1. The number of aliphatic hydroxyl groups excluding tert-OH is 1. The van der Waals surface area contributed by atoms with Gasteiger partial charge in [0.1, 0.15) is 12.7 Å². The summed E-state index contributed by atoms with van der Waals surface area (Å²) in [6, 6.07) is 5.62. The third-order valence-corrected chi connectivity index (χ3v) is 7.77. The zero-order chi connectivity index (χ0) is 22.3. The maximum Gasteiger partial charge on any atom is 0.338 e. The summed E-state index contributed by atoms with van der Waals surface area (Å²) in [7, 11) is 0. The van der Waals surface area contributed by atoms with Crippen LogP contribution >= 0.6 is 0 Å². The molecule has 7 heteroatoms. The van der Waals surface area contributed by atoms with Crippen molar-refractivity contribution in [3.63, 3.8) is 0 Å². The molecule has 7 nitrogen and oxygen atoms in total. The van der Waals surface area contributed by atoms with Gasteiger partial charge >= 0.3 is 11.9 Å². The lowest BCUT2D eigenvalue weighted by atomic mass is 9.71. The van der Waals surface area contributed by atoms with Gasteiger partial charge in [0.15, 0.2) is 0 Å². The maximum atomic E-state index is 12.0. The fourth-order valence-corrected chi connectivity index (χ4v) is 5.66. The third kappa shape index (κ3) is 4.28. The number of likely N-dealkylation sites (tertiary alicyclic amines) is 2. The van der Waals surface area contributed by atoms with Crippen molar-refractivity contribution >= 4 is 11.9 Å². The van der Waals surface area contributed by atoms with Crippen molar-refractivity contribution in [3.8, 4) is 0 Å². The summed E-state index contributed by atoms with van der Waals surface area (Å²) in [5.74, 6) is -0.490. The minimum Gasteiger partial charge on any atom is -0.459 e. The third-order valence-electron chi connectivity index (χ3n) is 7.77. The standard InChI is InChI=1S/C25H32N2O5/c1-17-12-19-13-18(2-3-21(19)24(30)32-17)22(28)15-26-8-4-25(5-9-26)6-10-27(11-7-25)20-14-23(29)31-16-20/h2-3,13-14,17,22,28H,4-12,15-16H2,1H3/t17-,22+/m0/s1. The van der Waals surface area contributed by atoms with Crippen LogP contribution in [0.1, 0.15) is 60.2 Å². The Morgan fingerprint density at radius 1 is 1.12 bits per heavy atom. The van der Waals surface area contributed by atoms with E-state index in [4.69, 9.17) is 9.47 Å². The molecule has 1 spiro atoms. The van der Waals surface area contributed by atoms with E-state index in [-0.39, 0.29) is 18.0 Å². The van der Waals surface area contributed by atoms with E-state index < -0.39 is 6.10 Å². The first-order valence-electron chi connectivity index (χ1n) is 11.8. The monoisotopic (exact) mass is 440 g/mol. The van der Waals surface area contributed by atoms with Gasteiger partial charge in [-0.25, -0.2) is 9.59 Å². The van der Waals surface area contributed by atoms with Gasteiger partial charge in [-0.1, -0.05) is 12.1 Å². The maximum absolute atomic E-state index is 12.0. The molecule has 0 radical (unpaired) electrons. The first kappa shape index (κ1) is 21.5. The van der Waals surface area contributed by atoms with Crippen molar-refractivity contribution in [2.45, 2.75) is 51.2 Å². The number of β-amino-alcohol motifs (C(OH)–C–C–N with tert-alkyl or cyclic N) is 1. The van der Waals surface area contributed by atoms with Crippen molar-refractivity contribution in [1.82, 2.24) is 9.80 Å². The Labute approximate surface area is 189 Å². The second-order valence-electron chi connectivity index (χ2n) is 9.88. The summed E-state index contributed by atoms with van der Waals surface area (Å²) in [6.45, 7) is 6.90. The normalized spacial score (nSPS) is 26.4. The number of piperidine rings is 2. The van der Waals surface area contributed by atoms with Crippen LogP contribution in [0.15, 0.2) is 30.0 Å². The number of nitrogens with zero attached hydrogens (tertiary/aromatic N) is 2. The van der Waals surface area contributed by atoms with Gasteiger partial charge in [-0.05, 0) is 68.3 Å². The van der Waals surface area contributed by atoms with Crippen LogP contribution < -0.4 is 0 Å². The Bertz CT molecular complexity index is 924. The molecule has 2 saturated heterocycles. The Morgan fingerprint density at radius 2 is 1.84 bits per heavy atom. The fourth-order valence-electron chi connectivity index (χ4n) is 5.66. The number of benzene rings is 1. The van der Waals surface area contributed by atoms with Crippen LogP contribution in [0.2, 0.25) is 0 Å². The van der Waals surface area contributed by atoms with Crippen molar-refractivity contribution in [3.05, 3.63) is 46.7 Å². The molecule has 1 aromatic rings. The van der Waals surface area contributed by atoms with Gasteiger partial charge in [0.05, 0.1) is 17.4 Å². The Hall–Kier alpha value is -2.38. The molecule has 32 heavy (non-hydrogen) atoms. The van der Waals surface area contributed by atoms with Crippen molar-refractivity contribution in [1.29, 1.82) is 0 Å². The Balaban J connectivity index is 1.14. The first-order valence-corrected chi connectivity index (χ1v) is 11.8. The van der Waals surface area contributed by atoms with Crippen molar-refractivity contribution in [2.24, 2.45) is 5.41 Å². The summed E-state index contributed by atoms with van der Waals surface area (Å²) in [5, 5.41) is 10.9. The van der Waals surface area contributed by atoms with Crippen LogP contribution in [-0.4, -0.2) is 72.3 Å². The van der Waals surface area contributed by atoms with Gasteiger partial charge in [0.25, 0.3) is 0 Å². The molecular formula is C25H32N2O5. The number of hydrogen-bond acceptors (Lipinski definition) is 7. The number of ether oxygens (including phenoxy) is 2. The number of carbonyl (C=O) groups excluding carboxylic acids is 2. The van der Waals surface area contributed by atoms with Crippen LogP contribution in [-0.2, 0) is 20.7 Å². The van der Waals surface area contributed by atoms with E-state index in [9.17, 15) is 14.7 Å². The molecule has 0 saturated carbocycles. The van der Waals surface area contributed by atoms with Crippen LogP contribution in [0.25, 0.3) is 0 Å². The highest BCUT2D eigenvalue weighted by atomic mass is 16.5. The van der Waals surface area contributed by atoms with Gasteiger partial charge < -0.3 is 24.4 Å². The predicted molar refractivity (Wildman–Crippen MR) is 118 cm³/mol. The molecule has 4 aliphatic heterocycles. The van der Waals surface area contributed by atoms with E-state index >= 15 is 0 Å². The topological polar surface area (TPSA) is 79.3 Å². The number of esters is 2. The van der Waals surface area contributed by atoms with Crippen LogP contribution in [0.5, 0.6) is 0 Å². The molecule has 1 aromatic carbocycles. The molecule has 0 bridgehead atoms. The fraction of sp³-hybridized carbons (Fsp3) is 0.600. The number of carbonyl (C=O) groups is 2. The van der Waals surface area contributed by atoms with Gasteiger partial charge in [-0.15, -0.1) is 0 Å². The number of fused-ring (bicyclic) bond motifs is 1. The molecule has 2 fully saturated rings. The van der Waals surface area contributed by atoms with E-state index in [1.807, 2.05) is 19.1 Å². The predicted octanol–water partition coefficient (Wildman–Crippen LogP) is 2.44. The number of aliphatic hydroxyl groups is 1. The van der Waals surface area contributed by atoms with E-state index in [1.165, 1.54) is 0 Å². The molecule has 0 aromatic heterocycles. The van der Waals surface area contributed by atoms with Crippen LogP contribution in [0.3, 0.4) is 0 Å². The molecule has 0 unspecified atom stereocenters. The van der Waals surface area contributed by atoms with E-state index in [0.29, 0.717) is 30.6 Å². The summed E-state index contributed by atoms with van der Waals surface area (Å²) >= 11 is 0. The van der Waals surface area contributed by atoms with E-state index in [1.54, 1.807) is 12.1 Å². The smallest absolute Gasteiger partial charge is 0.338 e. The second-order valence-corrected chi connectivity index (χ2v) is 9.88. The molecule has 2 atom stereocenters. The zero-order valence-corrected chi connectivity index (χ0v) is 18.7. The molecule has 1 N–H and O–H groups in total. The Morgan fingerprint density at radius 3 is 2.53 bits per heavy atom. The molecule has 0 amide bonds. The molecule has 0 aliphatic carbocycles. The van der Waals surface area contributed by atoms with Gasteiger partial charge in [0, 0.05) is 32.1 Å². The molecule has 4 aliphatic rings. The lowest BCUT2D eigenvalue weighted by molar-refractivity contribution is -0.135. The quantitative estimate of drug-likeness (QED) is 0.721. The average molecular weight is 441 g/mol. The molecule has 5 rings (SSSR count). The number of hydrogen-bond donors (Lipinski definition) is 1. The molecule has 172 valence electrons. The zero-order valence-electron chi connectivity index (χ0n) is 18.7. The van der Waals surface area contributed by atoms with Gasteiger partial charge in [-0.3, -0.25) is 0 Å². The summed E-state index contributed by atoms with van der Waals surface area (Å²) in [6.07, 6.45) is 6.24. The highest BCUT2D eigenvalue weighted by Gasteiger charge is 2.38. The highest BCUT2D eigenvalue weighted by molar-refractivity contribution is 5.92. The Kier molecular flexibility index (Phi) is 5.72. The first-order chi connectivity index (χ1) is 15.4. The summed E-state index contributed by atoms with van der Waals surface area (Å²) in [4.78, 5) is 28.0. The lowest BCUT2D eigenvalue weighted by Gasteiger charge is -2.47. The van der Waals surface area contributed by atoms with Crippen molar-refractivity contribution in [2.75, 3.05) is 39.3 Å². The average Bonchev–Trinajstić information content (AvgIpc) is 3.21. The summed E-state index contributed by atoms with van der Waals surface area (Å²) < 4.78 is 10.4. The minimum absolute atomic E-state index is 0.120. The van der Waals surface area contributed by atoms with Gasteiger partial charge in [0.2, 0.25) is 0 Å². The minimum atomic E-state index is -0.559. The summed E-state index contributed by atoms with van der Waals surface area (Å²) in [5.41, 5.74) is 3.87. The molecule has 4 heterocycles. The van der Waals surface area contributed by atoms with Gasteiger partial charge in [-0.2, -0.15) is 0 Å². The highest BCUT2D eigenvalue weighted by Crippen LogP contribution is 2.42. The lowest BCUT2D eigenvalue weighted by Crippen LogP contribution is -2.47. The number of rotatable bonds is 4. The molecular weight excluding hydrogens is 408 g/mol. The van der Waals surface area contributed by atoms with Crippen LogP contribution in [0.4, 0.5) is 0 Å². The number of cyclic esters (lactones) is 2. The van der Waals surface area contributed by atoms with Crippen LogP contribution in [0, 0.1) is 5.41 Å². The van der Waals surface area contributed by atoms with E-state index in [2.05, 4.69) is 9.80 Å². The van der Waals surface area contributed by atoms with E-state index in [0.717, 1.165) is 68.7 Å². The van der Waals surface area contributed by atoms with Crippen molar-refractivity contribution < 1.29 is 24.2 Å². The second kappa shape index (κ2) is 8.52. The largest absolute Gasteiger partial charge is 0.459 e.